The largest absolute Gasteiger partial charge is 0.481 e. The van der Waals surface area contributed by atoms with Crippen LogP contribution in [0.1, 0.15) is 40.7 Å². The highest BCUT2D eigenvalue weighted by molar-refractivity contribution is 5.95. The topological polar surface area (TPSA) is 75.6 Å². The lowest BCUT2D eigenvalue weighted by molar-refractivity contribution is -0.137. The molecule has 0 saturated heterocycles. The molecule has 0 spiro atoms. The normalized spacial score (nSPS) is 18.4. The molecule has 1 atom stereocenters. The van der Waals surface area contributed by atoms with E-state index in [1.54, 1.807) is 6.07 Å². The van der Waals surface area contributed by atoms with Crippen LogP contribution in [0.3, 0.4) is 0 Å². The molecule has 2 aliphatic rings. The van der Waals surface area contributed by atoms with Gasteiger partial charge in [-0.1, -0.05) is 6.07 Å². The molecule has 1 saturated carbocycles. The van der Waals surface area contributed by atoms with Gasteiger partial charge in [0.2, 0.25) is 0 Å². The molecule has 0 bridgehead atoms. The van der Waals surface area contributed by atoms with Crippen molar-refractivity contribution in [3.8, 4) is 0 Å². The van der Waals surface area contributed by atoms with Gasteiger partial charge in [0.15, 0.2) is 0 Å². The number of fused-ring (bicyclic) bond motifs is 1. The fourth-order valence-electron chi connectivity index (χ4n) is 2.59. The van der Waals surface area contributed by atoms with Gasteiger partial charge in [-0.2, -0.15) is 0 Å². The maximum Gasteiger partial charge on any atom is 0.305 e. The molecule has 0 aromatic heterocycles. The summed E-state index contributed by atoms with van der Waals surface area (Å²) in [5.41, 5.74) is 2.73. The number of carboxylic acid groups (broad SMARTS) is 1. The van der Waals surface area contributed by atoms with Gasteiger partial charge in [0.25, 0.3) is 5.91 Å². The van der Waals surface area contributed by atoms with Gasteiger partial charge in [-0.15, -0.1) is 0 Å². The Balaban J connectivity index is 1.70. The molecule has 106 valence electrons. The Morgan fingerprint density at radius 1 is 1.30 bits per heavy atom. The first-order chi connectivity index (χ1) is 9.63. The molecule has 3 rings (SSSR count). The van der Waals surface area contributed by atoms with Crippen molar-refractivity contribution in [1.29, 1.82) is 0 Å². The van der Waals surface area contributed by atoms with Crippen LogP contribution in [0, 0.1) is 5.92 Å². The lowest BCUT2D eigenvalue weighted by atomic mass is 10.0. The number of hydrogen-bond acceptors (Lipinski definition) is 3. The number of hydrogen-bond donors (Lipinski definition) is 2. The van der Waals surface area contributed by atoms with E-state index in [1.165, 1.54) is 0 Å². The van der Waals surface area contributed by atoms with E-state index in [9.17, 15) is 9.59 Å². The van der Waals surface area contributed by atoms with Crippen LogP contribution in [-0.4, -0.2) is 23.0 Å². The summed E-state index contributed by atoms with van der Waals surface area (Å²) in [5.74, 6) is -0.754. The van der Waals surface area contributed by atoms with Gasteiger partial charge >= 0.3 is 5.97 Å². The molecule has 0 radical (unpaired) electrons. The van der Waals surface area contributed by atoms with E-state index in [-0.39, 0.29) is 18.4 Å². The van der Waals surface area contributed by atoms with Crippen molar-refractivity contribution in [3.05, 3.63) is 34.9 Å². The fourth-order valence-corrected chi connectivity index (χ4v) is 2.59. The summed E-state index contributed by atoms with van der Waals surface area (Å²) in [5, 5.41) is 11.8. The molecular weight excluding hydrogens is 258 g/mol. The first kappa shape index (κ1) is 13.1. The first-order valence-electron chi connectivity index (χ1n) is 6.85. The summed E-state index contributed by atoms with van der Waals surface area (Å²) < 4.78 is 5.32. The minimum absolute atomic E-state index is 0.00947. The van der Waals surface area contributed by atoms with Gasteiger partial charge < -0.3 is 15.2 Å². The zero-order valence-corrected chi connectivity index (χ0v) is 11.1. The lowest BCUT2D eigenvalue weighted by Crippen LogP contribution is -2.38. The van der Waals surface area contributed by atoms with Crippen LogP contribution in [0.25, 0.3) is 0 Å². The second-order valence-corrected chi connectivity index (χ2v) is 5.49. The zero-order valence-electron chi connectivity index (χ0n) is 11.1. The Bertz CT molecular complexity index is 551. The number of ether oxygens (including phenoxy) is 1. The quantitative estimate of drug-likeness (QED) is 0.857. The molecule has 1 aromatic carbocycles. The van der Waals surface area contributed by atoms with E-state index in [2.05, 4.69) is 5.32 Å². The van der Waals surface area contributed by atoms with E-state index >= 15 is 0 Å². The maximum absolute atomic E-state index is 12.2. The number of nitrogens with one attached hydrogen (secondary N) is 1. The SMILES string of the molecule is O=C(O)CC(NC(=O)c1ccc2c(c1)COC2)C1CC1. The number of carbonyl (C=O) groups is 2. The Hall–Kier alpha value is -1.88. The Morgan fingerprint density at radius 3 is 2.75 bits per heavy atom. The van der Waals surface area contributed by atoms with Gasteiger partial charge in [-0.3, -0.25) is 9.59 Å². The minimum Gasteiger partial charge on any atom is -0.481 e. The van der Waals surface area contributed by atoms with E-state index in [1.807, 2.05) is 12.1 Å². The second kappa shape index (κ2) is 5.25. The van der Waals surface area contributed by atoms with Crippen LogP contribution < -0.4 is 5.32 Å². The third-order valence-electron chi connectivity index (χ3n) is 3.89. The van der Waals surface area contributed by atoms with Crippen LogP contribution in [0.15, 0.2) is 18.2 Å². The predicted octanol–water partition coefficient (Wildman–Crippen LogP) is 1.70. The molecule has 1 aliphatic heterocycles. The summed E-state index contributed by atoms with van der Waals surface area (Å²) in [6.45, 7) is 1.14. The van der Waals surface area contributed by atoms with E-state index in [0.717, 1.165) is 24.0 Å². The van der Waals surface area contributed by atoms with Crippen LogP contribution in [-0.2, 0) is 22.7 Å². The molecule has 5 nitrogen and oxygen atoms in total. The van der Waals surface area contributed by atoms with Crippen LogP contribution in [0.2, 0.25) is 0 Å². The predicted molar refractivity (Wildman–Crippen MR) is 71.2 cm³/mol. The van der Waals surface area contributed by atoms with Crippen molar-refractivity contribution in [3.63, 3.8) is 0 Å². The average molecular weight is 275 g/mol. The molecular formula is C15H17NO4. The summed E-state index contributed by atoms with van der Waals surface area (Å²) >= 11 is 0. The third kappa shape index (κ3) is 2.82. The highest BCUT2D eigenvalue weighted by atomic mass is 16.5. The van der Waals surface area contributed by atoms with E-state index < -0.39 is 5.97 Å². The summed E-state index contributed by atoms with van der Waals surface area (Å²) in [4.78, 5) is 23.1. The fraction of sp³-hybridized carbons (Fsp3) is 0.467. The molecule has 1 heterocycles. The Labute approximate surface area is 116 Å². The summed E-state index contributed by atoms with van der Waals surface area (Å²) in [7, 11) is 0. The number of amides is 1. The van der Waals surface area contributed by atoms with Gasteiger partial charge in [0.05, 0.1) is 19.6 Å². The van der Waals surface area contributed by atoms with E-state index in [4.69, 9.17) is 9.84 Å². The average Bonchev–Trinajstić information content (AvgIpc) is 3.15. The number of carbonyl (C=O) groups excluding carboxylic acids is 1. The molecule has 1 amide bonds. The number of rotatable bonds is 5. The Morgan fingerprint density at radius 2 is 2.05 bits per heavy atom. The van der Waals surface area contributed by atoms with Crippen LogP contribution >= 0.6 is 0 Å². The maximum atomic E-state index is 12.2. The number of benzene rings is 1. The molecule has 20 heavy (non-hydrogen) atoms. The van der Waals surface area contributed by atoms with Gasteiger partial charge in [0.1, 0.15) is 0 Å². The monoisotopic (exact) mass is 275 g/mol. The van der Waals surface area contributed by atoms with E-state index in [0.29, 0.717) is 24.7 Å². The standard InChI is InChI=1S/C15H17NO4/c17-14(18)6-13(9-1-2-9)16-15(19)10-3-4-11-7-20-8-12(11)5-10/h3-5,9,13H,1-2,6-8H2,(H,16,19)(H,17,18). The number of carboxylic acids is 1. The zero-order chi connectivity index (χ0) is 14.1. The van der Waals surface area contributed by atoms with Crippen molar-refractivity contribution in [2.24, 2.45) is 5.92 Å². The van der Waals surface area contributed by atoms with Gasteiger partial charge in [0, 0.05) is 11.6 Å². The van der Waals surface area contributed by atoms with Crippen molar-refractivity contribution in [2.45, 2.75) is 38.5 Å². The molecule has 1 fully saturated rings. The van der Waals surface area contributed by atoms with Crippen molar-refractivity contribution < 1.29 is 19.4 Å². The van der Waals surface area contributed by atoms with Gasteiger partial charge in [-0.05, 0) is 42.0 Å². The first-order valence-corrected chi connectivity index (χ1v) is 6.85. The molecule has 1 aliphatic carbocycles. The van der Waals surface area contributed by atoms with Crippen molar-refractivity contribution in [2.75, 3.05) is 0 Å². The smallest absolute Gasteiger partial charge is 0.305 e. The lowest BCUT2D eigenvalue weighted by Gasteiger charge is -2.16. The third-order valence-corrected chi connectivity index (χ3v) is 3.89. The second-order valence-electron chi connectivity index (χ2n) is 5.49. The molecule has 2 N–H and O–H groups in total. The molecule has 1 aromatic rings. The summed E-state index contributed by atoms with van der Waals surface area (Å²) in [6.07, 6.45) is 1.98. The molecule has 5 heteroatoms. The van der Waals surface area contributed by atoms with Crippen LogP contribution in [0.5, 0.6) is 0 Å². The number of aliphatic carboxylic acids is 1. The highest BCUT2D eigenvalue weighted by Gasteiger charge is 2.34. The van der Waals surface area contributed by atoms with Crippen molar-refractivity contribution in [1.82, 2.24) is 5.32 Å². The minimum atomic E-state index is -0.871. The highest BCUT2D eigenvalue weighted by Crippen LogP contribution is 2.34. The molecule has 1 unspecified atom stereocenters. The van der Waals surface area contributed by atoms with Crippen LogP contribution in [0.4, 0.5) is 0 Å². The Kier molecular flexibility index (Phi) is 3.44. The summed E-state index contributed by atoms with van der Waals surface area (Å²) in [6, 6.07) is 5.25. The van der Waals surface area contributed by atoms with Gasteiger partial charge in [-0.25, -0.2) is 0 Å². The van der Waals surface area contributed by atoms with Crippen molar-refractivity contribution >= 4 is 11.9 Å².